The summed E-state index contributed by atoms with van der Waals surface area (Å²) < 4.78 is 5.48. The van der Waals surface area contributed by atoms with Gasteiger partial charge in [0.05, 0.1) is 6.54 Å². The first kappa shape index (κ1) is 22.7. The molecular weight excluding hydrogens is 478 g/mol. The van der Waals surface area contributed by atoms with Crippen molar-refractivity contribution in [2.75, 3.05) is 6.54 Å². The number of benzene rings is 1. The van der Waals surface area contributed by atoms with Gasteiger partial charge in [-0.2, -0.15) is 4.98 Å². The van der Waals surface area contributed by atoms with Crippen LogP contribution in [-0.4, -0.2) is 66.1 Å². The molecule has 1 atom stereocenters. The van der Waals surface area contributed by atoms with Gasteiger partial charge in [0.1, 0.15) is 11.7 Å². The van der Waals surface area contributed by atoms with Crippen molar-refractivity contribution in [1.29, 1.82) is 0 Å². The van der Waals surface area contributed by atoms with Crippen LogP contribution in [0.25, 0.3) is 22.8 Å². The molecule has 1 aromatic carbocycles. The van der Waals surface area contributed by atoms with Crippen LogP contribution in [0.3, 0.4) is 0 Å². The number of imide groups is 2. The van der Waals surface area contributed by atoms with Crippen molar-refractivity contribution in [3.8, 4) is 22.8 Å². The van der Waals surface area contributed by atoms with E-state index >= 15 is 0 Å². The minimum atomic E-state index is -0.999. The molecule has 186 valence electrons. The third kappa shape index (κ3) is 4.05. The van der Waals surface area contributed by atoms with E-state index in [2.05, 4.69) is 25.4 Å². The number of piperidine rings is 1. The Labute approximate surface area is 210 Å². The molecular formula is C25H21N7O5. The normalized spacial score (nSPS) is 19.9. The predicted molar refractivity (Wildman–Crippen MR) is 125 cm³/mol. The summed E-state index contributed by atoms with van der Waals surface area (Å²) >= 11 is 0. The lowest BCUT2D eigenvalue weighted by atomic mass is 10.0. The van der Waals surface area contributed by atoms with E-state index in [9.17, 15) is 19.2 Å². The van der Waals surface area contributed by atoms with Gasteiger partial charge in [0.2, 0.25) is 23.5 Å². The van der Waals surface area contributed by atoms with Crippen molar-refractivity contribution >= 4 is 23.6 Å². The molecule has 1 unspecified atom stereocenters. The zero-order valence-corrected chi connectivity index (χ0v) is 19.6. The van der Waals surface area contributed by atoms with Gasteiger partial charge in [-0.05, 0) is 31.4 Å². The second-order valence-corrected chi connectivity index (χ2v) is 8.96. The van der Waals surface area contributed by atoms with Crippen molar-refractivity contribution in [3.63, 3.8) is 0 Å². The topological polar surface area (TPSA) is 151 Å². The maximum atomic E-state index is 13.3. The molecule has 1 fully saturated rings. The molecule has 0 saturated carbocycles. The molecule has 4 amide bonds. The Morgan fingerprint density at radius 3 is 2.54 bits per heavy atom. The fraction of sp³-hybridized carbons (Fsp3) is 0.280. The van der Waals surface area contributed by atoms with Crippen LogP contribution >= 0.6 is 0 Å². The number of nitrogens with one attached hydrogen (secondary N) is 1. The van der Waals surface area contributed by atoms with Gasteiger partial charge in [-0.25, -0.2) is 9.97 Å². The molecule has 0 spiro atoms. The van der Waals surface area contributed by atoms with E-state index in [-0.39, 0.29) is 31.0 Å². The van der Waals surface area contributed by atoms with Gasteiger partial charge in [-0.1, -0.05) is 23.4 Å². The number of aromatic nitrogens is 4. The third-order valence-electron chi connectivity index (χ3n) is 6.62. The van der Waals surface area contributed by atoms with Gasteiger partial charge in [0.15, 0.2) is 5.82 Å². The van der Waals surface area contributed by atoms with Crippen molar-refractivity contribution in [2.24, 2.45) is 0 Å². The Hall–Kier alpha value is -4.74. The highest BCUT2D eigenvalue weighted by Crippen LogP contribution is 2.34. The van der Waals surface area contributed by atoms with Gasteiger partial charge in [0.25, 0.3) is 11.8 Å². The van der Waals surface area contributed by atoms with Crippen LogP contribution in [-0.2, 0) is 25.7 Å². The van der Waals surface area contributed by atoms with E-state index in [4.69, 9.17) is 4.52 Å². The van der Waals surface area contributed by atoms with Crippen LogP contribution in [0, 0.1) is 0 Å². The molecule has 0 bridgehead atoms. The molecule has 12 nitrogen and oxygen atoms in total. The molecule has 1 saturated heterocycles. The average Bonchev–Trinajstić information content (AvgIpc) is 3.48. The molecule has 6 rings (SSSR count). The molecule has 12 heteroatoms. The molecule has 3 aliphatic heterocycles. The fourth-order valence-electron chi connectivity index (χ4n) is 4.91. The zero-order chi connectivity index (χ0) is 25.5. The van der Waals surface area contributed by atoms with Crippen molar-refractivity contribution in [3.05, 3.63) is 59.9 Å². The first-order valence-corrected chi connectivity index (χ1v) is 11.9. The van der Waals surface area contributed by atoms with Crippen LogP contribution in [0.15, 0.2) is 58.5 Å². The average molecular weight is 499 g/mol. The Morgan fingerprint density at radius 2 is 1.76 bits per heavy atom. The van der Waals surface area contributed by atoms with Gasteiger partial charge < -0.3 is 9.42 Å². The highest BCUT2D eigenvalue weighted by Gasteiger charge is 2.48. The van der Waals surface area contributed by atoms with Crippen molar-refractivity contribution in [1.82, 2.24) is 35.2 Å². The van der Waals surface area contributed by atoms with Crippen LogP contribution in [0.2, 0.25) is 0 Å². The van der Waals surface area contributed by atoms with Crippen LogP contribution in [0.5, 0.6) is 0 Å². The predicted octanol–water partition coefficient (Wildman–Crippen LogP) is 1.22. The molecule has 5 heterocycles. The van der Waals surface area contributed by atoms with E-state index in [0.717, 1.165) is 16.0 Å². The Balaban J connectivity index is 1.22. The van der Waals surface area contributed by atoms with E-state index in [1.165, 1.54) is 0 Å². The van der Waals surface area contributed by atoms with Gasteiger partial charge in [0, 0.05) is 42.1 Å². The molecule has 3 aromatic rings. The maximum absolute atomic E-state index is 13.3. The summed E-state index contributed by atoms with van der Waals surface area (Å²) in [5.41, 5.74) is 2.15. The zero-order valence-electron chi connectivity index (χ0n) is 19.6. The number of nitrogens with zero attached hydrogens (tertiary/aromatic N) is 6. The Bertz CT molecular complexity index is 1460. The standard InChI is InChI=1S/C25H21N7O5/c33-18-8-7-17(23(34)28-18)32-24(35)16-6-2-11-31(20(16)25(32)36)13-19-29-22(30-37-19)15-5-1-4-14(12-15)21-26-9-3-10-27-21/h1,3-5,9-10,12,17H,2,6-8,11,13H2,(H,28,33,34). The largest absolute Gasteiger partial charge is 0.357 e. The molecule has 3 aliphatic rings. The van der Waals surface area contributed by atoms with E-state index in [0.29, 0.717) is 36.6 Å². The quantitative estimate of drug-likeness (QED) is 0.507. The Kier molecular flexibility index (Phi) is 5.55. The van der Waals surface area contributed by atoms with Crippen LogP contribution in [0.4, 0.5) is 0 Å². The van der Waals surface area contributed by atoms with E-state index < -0.39 is 29.7 Å². The molecule has 1 N–H and O–H groups in total. The molecule has 37 heavy (non-hydrogen) atoms. The molecule has 0 aliphatic carbocycles. The fourth-order valence-corrected chi connectivity index (χ4v) is 4.91. The maximum Gasteiger partial charge on any atom is 0.278 e. The molecule has 2 aromatic heterocycles. The number of hydrogen-bond acceptors (Lipinski definition) is 10. The van der Waals surface area contributed by atoms with Gasteiger partial charge in [-0.15, -0.1) is 0 Å². The van der Waals surface area contributed by atoms with Gasteiger partial charge >= 0.3 is 0 Å². The lowest BCUT2D eigenvalue weighted by molar-refractivity contribution is -0.150. The van der Waals surface area contributed by atoms with E-state index in [1.807, 2.05) is 24.3 Å². The van der Waals surface area contributed by atoms with Crippen molar-refractivity contribution in [2.45, 2.75) is 38.3 Å². The second kappa shape index (κ2) is 9.04. The summed E-state index contributed by atoms with van der Waals surface area (Å²) in [6, 6.07) is 8.19. The first-order valence-electron chi connectivity index (χ1n) is 11.9. The van der Waals surface area contributed by atoms with Gasteiger partial charge in [-0.3, -0.25) is 29.4 Å². The number of amides is 4. The third-order valence-corrected chi connectivity index (χ3v) is 6.62. The minimum absolute atomic E-state index is 0.0736. The highest BCUT2D eigenvalue weighted by molar-refractivity contribution is 6.21. The smallest absolute Gasteiger partial charge is 0.278 e. The summed E-state index contributed by atoms with van der Waals surface area (Å²) in [5, 5.41) is 6.31. The summed E-state index contributed by atoms with van der Waals surface area (Å²) in [6.07, 6.45) is 4.61. The lowest BCUT2D eigenvalue weighted by Crippen LogP contribution is -2.55. The number of hydrogen-bond donors (Lipinski definition) is 1. The summed E-state index contributed by atoms with van der Waals surface area (Å²) in [6.45, 7) is 0.648. The minimum Gasteiger partial charge on any atom is -0.357 e. The lowest BCUT2D eigenvalue weighted by Gasteiger charge is -2.29. The van der Waals surface area contributed by atoms with Crippen LogP contribution in [0.1, 0.15) is 31.6 Å². The summed E-state index contributed by atoms with van der Waals surface area (Å²) in [7, 11) is 0. The number of carbonyl (C=O) groups excluding carboxylic acids is 4. The monoisotopic (exact) mass is 499 g/mol. The van der Waals surface area contributed by atoms with Crippen molar-refractivity contribution < 1.29 is 23.7 Å². The molecule has 0 radical (unpaired) electrons. The van der Waals surface area contributed by atoms with Crippen LogP contribution < -0.4 is 5.32 Å². The first-order chi connectivity index (χ1) is 18.0. The Morgan fingerprint density at radius 1 is 0.973 bits per heavy atom. The summed E-state index contributed by atoms with van der Waals surface area (Å²) in [5.74, 6) is -0.828. The SMILES string of the molecule is O=C1CCC(N2C(=O)C3=C(C2=O)N(Cc2nc(-c4cccc(-c5ncccn5)c4)no2)CCC3)C(=O)N1. The van der Waals surface area contributed by atoms with E-state index in [1.54, 1.807) is 23.4 Å². The highest BCUT2D eigenvalue weighted by atomic mass is 16.5. The summed E-state index contributed by atoms with van der Waals surface area (Å²) in [4.78, 5) is 66.1. The number of rotatable bonds is 5. The number of carbonyl (C=O) groups is 4. The second-order valence-electron chi connectivity index (χ2n) is 8.96.